The highest BCUT2D eigenvalue weighted by Gasteiger charge is 2.29. The van der Waals surface area contributed by atoms with Crippen molar-refractivity contribution in [2.45, 2.75) is 58.5 Å². The maximum atomic E-state index is 13.4. The Morgan fingerprint density at radius 1 is 1.03 bits per heavy atom. The third kappa shape index (κ3) is 5.69. The number of anilines is 2. The van der Waals surface area contributed by atoms with Crippen molar-refractivity contribution in [1.29, 1.82) is 0 Å². The SMILES string of the molecule is CC(C)n1nccc1C(=O)Nc1sc2c(c1C(=O)N[C@@H](C)C(=O)Nc1ccc([N+](=O)[O-])cc1)CCCC2. The topological polar surface area (TPSA) is 148 Å². The van der Waals surface area contributed by atoms with Crippen LogP contribution in [-0.2, 0) is 17.6 Å². The molecule has 3 aromatic rings. The molecule has 0 saturated heterocycles. The number of nitrogens with one attached hydrogen (secondary N) is 3. The van der Waals surface area contributed by atoms with Crippen molar-refractivity contribution in [2.75, 3.05) is 10.6 Å². The first-order valence-corrected chi connectivity index (χ1v) is 12.8. The van der Waals surface area contributed by atoms with Crippen LogP contribution >= 0.6 is 11.3 Å². The second-order valence-electron chi connectivity index (χ2n) is 9.11. The number of benzene rings is 1. The van der Waals surface area contributed by atoms with Gasteiger partial charge in [-0.3, -0.25) is 29.2 Å². The monoisotopic (exact) mass is 524 g/mol. The van der Waals surface area contributed by atoms with Gasteiger partial charge in [0.25, 0.3) is 17.5 Å². The van der Waals surface area contributed by atoms with E-state index in [0.29, 0.717) is 21.9 Å². The van der Waals surface area contributed by atoms with Gasteiger partial charge >= 0.3 is 0 Å². The van der Waals surface area contributed by atoms with Gasteiger partial charge in [-0.25, -0.2) is 0 Å². The van der Waals surface area contributed by atoms with Crippen LogP contribution in [0, 0.1) is 10.1 Å². The summed E-state index contributed by atoms with van der Waals surface area (Å²) in [6, 6.07) is 6.16. The lowest BCUT2D eigenvalue weighted by molar-refractivity contribution is -0.384. The van der Waals surface area contributed by atoms with E-state index in [1.54, 1.807) is 23.9 Å². The minimum absolute atomic E-state index is 0.00910. The number of amides is 3. The lowest BCUT2D eigenvalue weighted by Gasteiger charge is -2.17. The lowest BCUT2D eigenvalue weighted by Crippen LogP contribution is -2.42. The van der Waals surface area contributed by atoms with Crippen molar-refractivity contribution >= 4 is 45.4 Å². The Labute approximate surface area is 217 Å². The number of thiophene rings is 1. The van der Waals surface area contributed by atoms with Gasteiger partial charge in [0.2, 0.25) is 5.91 Å². The molecule has 0 aliphatic heterocycles. The van der Waals surface area contributed by atoms with Crippen LogP contribution in [0.1, 0.15) is 70.9 Å². The summed E-state index contributed by atoms with van der Waals surface area (Å²) in [6.07, 6.45) is 5.06. The van der Waals surface area contributed by atoms with E-state index in [9.17, 15) is 24.5 Å². The van der Waals surface area contributed by atoms with Crippen LogP contribution in [0.2, 0.25) is 0 Å². The van der Waals surface area contributed by atoms with Crippen LogP contribution in [-0.4, -0.2) is 38.5 Å². The molecule has 0 spiro atoms. The van der Waals surface area contributed by atoms with Crippen LogP contribution in [0.5, 0.6) is 0 Å². The number of hydrogen-bond donors (Lipinski definition) is 3. The van der Waals surface area contributed by atoms with Gasteiger partial charge in [-0.2, -0.15) is 5.10 Å². The van der Waals surface area contributed by atoms with E-state index in [1.807, 2.05) is 13.8 Å². The second kappa shape index (κ2) is 10.9. The molecule has 0 bridgehead atoms. The average molecular weight is 525 g/mol. The van der Waals surface area contributed by atoms with Gasteiger partial charge in [0.15, 0.2) is 0 Å². The van der Waals surface area contributed by atoms with Crippen molar-refractivity contribution in [1.82, 2.24) is 15.1 Å². The van der Waals surface area contributed by atoms with Crippen molar-refractivity contribution in [2.24, 2.45) is 0 Å². The summed E-state index contributed by atoms with van der Waals surface area (Å²) in [5.74, 6) is -1.28. The number of aromatic nitrogens is 2. The molecule has 1 atom stereocenters. The first kappa shape index (κ1) is 26.0. The Morgan fingerprint density at radius 2 is 1.73 bits per heavy atom. The minimum Gasteiger partial charge on any atom is -0.340 e. The molecule has 12 heteroatoms. The van der Waals surface area contributed by atoms with Gasteiger partial charge in [0.05, 0.1) is 10.5 Å². The molecule has 0 unspecified atom stereocenters. The summed E-state index contributed by atoms with van der Waals surface area (Å²) >= 11 is 1.39. The molecule has 0 fully saturated rings. The first-order valence-electron chi connectivity index (χ1n) is 12.0. The van der Waals surface area contributed by atoms with E-state index in [-0.39, 0.29) is 17.6 Å². The molecule has 3 amide bonds. The number of nitro groups is 1. The molecule has 2 heterocycles. The smallest absolute Gasteiger partial charge is 0.274 e. The van der Waals surface area contributed by atoms with E-state index in [2.05, 4.69) is 21.0 Å². The van der Waals surface area contributed by atoms with Gasteiger partial charge in [0, 0.05) is 34.9 Å². The fourth-order valence-electron chi connectivity index (χ4n) is 4.22. The molecular formula is C25H28N6O5S. The Morgan fingerprint density at radius 3 is 2.41 bits per heavy atom. The zero-order chi connectivity index (χ0) is 26.7. The van der Waals surface area contributed by atoms with E-state index in [0.717, 1.165) is 36.1 Å². The van der Waals surface area contributed by atoms with Crippen LogP contribution in [0.4, 0.5) is 16.4 Å². The molecule has 0 saturated carbocycles. The molecule has 4 rings (SSSR count). The van der Waals surface area contributed by atoms with Gasteiger partial charge in [0.1, 0.15) is 16.7 Å². The average Bonchev–Trinajstić information content (AvgIpc) is 3.49. The first-order chi connectivity index (χ1) is 17.7. The highest BCUT2D eigenvalue weighted by atomic mass is 32.1. The van der Waals surface area contributed by atoms with Gasteiger partial charge in [-0.15, -0.1) is 11.3 Å². The number of hydrogen-bond acceptors (Lipinski definition) is 7. The molecular weight excluding hydrogens is 496 g/mol. The molecule has 0 radical (unpaired) electrons. The summed E-state index contributed by atoms with van der Waals surface area (Å²) in [7, 11) is 0. The van der Waals surface area contributed by atoms with Gasteiger partial charge in [-0.1, -0.05) is 0 Å². The molecule has 11 nitrogen and oxygen atoms in total. The summed E-state index contributed by atoms with van der Waals surface area (Å²) in [4.78, 5) is 50.6. The van der Waals surface area contributed by atoms with Crippen molar-refractivity contribution in [3.63, 3.8) is 0 Å². The predicted molar refractivity (Wildman–Crippen MR) is 140 cm³/mol. The molecule has 37 heavy (non-hydrogen) atoms. The fraction of sp³-hybridized carbons (Fsp3) is 0.360. The zero-order valence-corrected chi connectivity index (χ0v) is 21.6. The Kier molecular flexibility index (Phi) is 7.67. The fourth-order valence-corrected chi connectivity index (χ4v) is 5.50. The highest BCUT2D eigenvalue weighted by molar-refractivity contribution is 7.17. The van der Waals surface area contributed by atoms with Crippen molar-refractivity contribution in [3.05, 3.63) is 68.3 Å². The molecule has 2 aromatic heterocycles. The number of carbonyl (C=O) groups is 3. The van der Waals surface area contributed by atoms with Crippen LogP contribution in [0.3, 0.4) is 0 Å². The lowest BCUT2D eigenvalue weighted by atomic mass is 9.95. The third-order valence-electron chi connectivity index (χ3n) is 6.10. The maximum Gasteiger partial charge on any atom is 0.274 e. The summed E-state index contributed by atoms with van der Waals surface area (Å²) in [6.45, 7) is 5.40. The number of non-ortho nitro benzene ring substituents is 1. The summed E-state index contributed by atoms with van der Waals surface area (Å²) < 4.78 is 1.62. The molecule has 1 aliphatic rings. The summed E-state index contributed by atoms with van der Waals surface area (Å²) in [5, 5.41) is 23.8. The van der Waals surface area contributed by atoms with Crippen LogP contribution < -0.4 is 16.0 Å². The standard InChI is InChI=1S/C25H28N6O5S/c1-14(2)30-19(12-13-26-30)23(33)29-25-21(18-6-4-5-7-20(18)37-25)24(34)27-15(3)22(32)28-16-8-10-17(11-9-16)31(35)36/h8-15H,4-7H2,1-3H3,(H,27,34)(H,28,32)(H,29,33)/t15-/m0/s1. The van der Waals surface area contributed by atoms with Crippen molar-refractivity contribution < 1.29 is 19.3 Å². The molecule has 1 aromatic carbocycles. The molecule has 3 N–H and O–H groups in total. The number of nitrogens with zero attached hydrogens (tertiary/aromatic N) is 3. The Bertz CT molecular complexity index is 1340. The highest BCUT2D eigenvalue weighted by Crippen LogP contribution is 2.38. The van der Waals surface area contributed by atoms with Gasteiger partial charge < -0.3 is 16.0 Å². The van der Waals surface area contributed by atoms with Crippen LogP contribution in [0.15, 0.2) is 36.5 Å². The molecule has 1 aliphatic carbocycles. The predicted octanol–water partition coefficient (Wildman–Crippen LogP) is 4.32. The second-order valence-corrected chi connectivity index (χ2v) is 10.2. The number of rotatable bonds is 8. The van der Waals surface area contributed by atoms with E-state index in [4.69, 9.17) is 0 Å². The normalized spacial score (nSPS) is 13.5. The quantitative estimate of drug-likeness (QED) is 0.295. The van der Waals surface area contributed by atoms with Gasteiger partial charge in [-0.05, 0) is 70.2 Å². The largest absolute Gasteiger partial charge is 0.340 e. The number of fused-ring (bicyclic) bond motifs is 1. The van der Waals surface area contributed by atoms with Crippen LogP contribution in [0.25, 0.3) is 0 Å². The van der Waals surface area contributed by atoms with E-state index >= 15 is 0 Å². The maximum absolute atomic E-state index is 13.4. The third-order valence-corrected chi connectivity index (χ3v) is 7.31. The Balaban J connectivity index is 1.51. The Hall–Kier alpha value is -4.06. The van der Waals surface area contributed by atoms with E-state index in [1.165, 1.54) is 35.6 Å². The number of nitro benzene ring substituents is 1. The zero-order valence-electron chi connectivity index (χ0n) is 20.7. The number of aryl methyl sites for hydroxylation is 1. The van der Waals surface area contributed by atoms with E-state index < -0.39 is 22.8 Å². The number of carbonyl (C=O) groups excluding carboxylic acids is 3. The molecule has 194 valence electrons. The van der Waals surface area contributed by atoms with Crippen molar-refractivity contribution in [3.8, 4) is 0 Å². The summed E-state index contributed by atoms with van der Waals surface area (Å²) in [5.41, 5.74) is 1.97. The minimum atomic E-state index is -0.896.